The molecule has 36 heavy (non-hydrogen) atoms. The zero-order valence-electron chi connectivity index (χ0n) is 20.1. The number of esters is 1. The number of benzene rings is 1. The Hall–Kier alpha value is -3.09. The zero-order valence-corrected chi connectivity index (χ0v) is 20.9. The van der Waals surface area contributed by atoms with E-state index in [0.717, 1.165) is 0 Å². The first-order valence-corrected chi connectivity index (χ1v) is 13.0. The minimum absolute atomic E-state index is 0.0360. The lowest BCUT2D eigenvalue weighted by atomic mass is 9.97. The molecule has 0 radical (unpaired) electrons. The lowest BCUT2D eigenvalue weighted by Crippen LogP contribution is -2.67. The molecule has 2 unspecified atom stereocenters. The number of carbonyl (C=O) groups excluding carboxylic acids is 2. The van der Waals surface area contributed by atoms with Crippen LogP contribution in [-0.4, -0.2) is 86.3 Å². The fourth-order valence-electron chi connectivity index (χ4n) is 4.79. The van der Waals surface area contributed by atoms with E-state index in [-0.39, 0.29) is 44.2 Å². The number of aromatic nitrogens is 1. The molecule has 1 aromatic heterocycles. The van der Waals surface area contributed by atoms with Crippen LogP contribution in [0.2, 0.25) is 0 Å². The van der Waals surface area contributed by atoms with Crippen molar-refractivity contribution in [1.82, 2.24) is 14.2 Å². The monoisotopic (exact) mass is 521 g/mol. The van der Waals surface area contributed by atoms with Gasteiger partial charge < -0.3 is 19.1 Å². The van der Waals surface area contributed by atoms with Crippen molar-refractivity contribution in [2.24, 2.45) is 0 Å². The Morgan fingerprint density at radius 2 is 2.00 bits per heavy atom. The standard InChI is InChI=1S/C24H28FN3O7S/c1-3-34-22(29)24-10-9-19(15-27(16-24)23(30)35-12-11-33-2)28(24)36(31,32)20-7-8-21(26-14-20)17-5-4-6-18(25)13-17/h4-8,13-14,19H,3,9-12,15-16H2,1-2H3. The van der Waals surface area contributed by atoms with Crippen molar-refractivity contribution in [3.63, 3.8) is 0 Å². The predicted molar refractivity (Wildman–Crippen MR) is 126 cm³/mol. The largest absolute Gasteiger partial charge is 0.465 e. The number of fused-ring (bicyclic) bond motifs is 2. The van der Waals surface area contributed by atoms with E-state index in [1.165, 1.54) is 52.8 Å². The molecular formula is C24H28FN3O7S. The average molecular weight is 522 g/mol. The summed E-state index contributed by atoms with van der Waals surface area (Å²) in [5.41, 5.74) is -0.679. The number of sulfonamides is 1. The van der Waals surface area contributed by atoms with Gasteiger partial charge in [0.2, 0.25) is 10.0 Å². The van der Waals surface area contributed by atoms with Crippen LogP contribution in [0.4, 0.5) is 9.18 Å². The van der Waals surface area contributed by atoms with E-state index in [9.17, 15) is 22.4 Å². The molecule has 12 heteroatoms. The van der Waals surface area contributed by atoms with Gasteiger partial charge in [-0.2, -0.15) is 4.31 Å². The molecule has 0 spiro atoms. The highest BCUT2D eigenvalue weighted by atomic mass is 32.2. The summed E-state index contributed by atoms with van der Waals surface area (Å²) in [6.45, 7) is 1.82. The Morgan fingerprint density at radius 3 is 2.67 bits per heavy atom. The third-order valence-corrected chi connectivity index (χ3v) is 8.37. The molecule has 194 valence electrons. The molecule has 1 amide bonds. The van der Waals surface area contributed by atoms with E-state index in [1.54, 1.807) is 13.0 Å². The van der Waals surface area contributed by atoms with Crippen LogP contribution in [0.25, 0.3) is 11.3 Å². The van der Waals surface area contributed by atoms with Crippen LogP contribution >= 0.6 is 0 Å². The van der Waals surface area contributed by atoms with Crippen LogP contribution < -0.4 is 0 Å². The van der Waals surface area contributed by atoms with Crippen LogP contribution in [0.3, 0.4) is 0 Å². The second kappa shape index (κ2) is 10.5. The van der Waals surface area contributed by atoms with Crippen LogP contribution in [0.1, 0.15) is 19.8 Å². The van der Waals surface area contributed by atoms with Gasteiger partial charge in [-0.15, -0.1) is 0 Å². The van der Waals surface area contributed by atoms with E-state index >= 15 is 0 Å². The van der Waals surface area contributed by atoms with Crippen LogP contribution in [-0.2, 0) is 29.0 Å². The minimum atomic E-state index is -4.20. The molecular weight excluding hydrogens is 493 g/mol. The number of ether oxygens (including phenoxy) is 3. The Labute approximate surface area is 209 Å². The molecule has 2 fully saturated rings. The molecule has 10 nitrogen and oxygen atoms in total. The second-order valence-corrected chi connectivity index (χ2v) is 10.4. The van der Waals surface area contributed by atoms with Gasteiger partial charge in [0, 0.05) is 31.5 Å². The number of hydrogen-bond acceptors (Lipinski definition) is 8. The zero-order chi connectivity index (χ0) is 25.9. The summed E-state index contributed by atoms with van der Waals surface area (Å²) in [5.74, 6) is -1.15. The van der Waals surface area contributed by atoms with Crippen LogP contribution in [0, 0.1) is 5.82 Å². The molecule has 2 atom stereocenters. The molecule has 2 aliphatic heterocycles. The first-order chi connectivity index (χ1) is 17.2. The smallest absolute Gasteiger partial charge is 0.409 e. The van der Waals surface area contributed by atoms with E-state index in [1.807, 2.05) is 0 Å². The summed E-state index contributed by atoms with van der Waals surface area (Å²) in [6.07, 6.45) is 1.12. The van der Waals surface area contributed by atoms with Gasteiger partial charge in [-0.1, -0.05) is 12.1 Å². The molecule has 2 bridgehead atoms. The molecule has 1 aromatic carbocycles. The summed E-state index contributed by atoms with van der Waals surface area (Å²) < 4.78 is 57.8. The van der Waals surface area contributed by atoms with Crippen molar-refractivity contribution < 1.29 is 36.6 Å². The number of halogens is 1. The van der Waals surface area contributed by atoms with Crippen LogP contribution in [0.5, 0.6) is 0 Å². The number of likely N-dealkylation sites (tertiary alicyclic amines) is 1. The molecule has 2 saturated heterocycles. The summed E-state index contributed by atoms with van der Waals surface area (Å²) in [5, 5.41) is 0. The van der Waals surface area contributed by atoms with Crippen molar-refractivity contribution in [3.05, 3.63) is 48.4 Å². The van der Waals surface area contributed by atoms with E-state index < -0.39 is 39.5 Å². The van der Waals surface area contributed by atoms with Gasteiger partial charge in [-0.05, 0) is 44.0 Å². The number of amides is 1. The Kier molecular flexibility index (Phi) is 7.57. The first kappa shape index (κ1) is 26.0. The Balaban J connectivity index is 1.65. The number of hydrogen-bond donors (Lipinski definition) is 0. The molecule has 0 aliphatic carbocycles. The maximum absolute atomic E-state index is 13.8. The average Bonchev–Trinajstić information content (AvgIpc) is 3.13. The second-order valence-electron chi connectivity index (χ2n) is 8.62. The molecule has 0 N–H and O–H groups in total. The number of pyridine rings is 1. The van der Waals surface area contributed by atoms with Gasteiger partial charge in [0.15, 0.2) is 5.54 Å². The number of nitrogens with zero attached hydrogens (tertiary/aromatic N) is 3. The van der Waals surface area contributed by atoms with Crippen molar-refractivity contribution >= 4 is 22.1 Å². The lowest BCUT2D eigenvalue weighted by molar-refractivity contribution is -0.156. The van der Waals surface area contributed by atoms with E-state index in [4.69, 9.17) is 14.2 Å². The van der Waals surface area contributed by atoms with Gasteiger partial charge in [0.05, 0.1) is 25.5 Å². The van der Waals surface area contributed by atoms with E-state index in [2.05, 4.69) is 4.98 Å². The highest BCUT2D eigenvalue weighted by Gasteiger charge is 2.62. The summed E-state index contributed by atoms with van der Waals surface area (Å²) >= 11 is 0. The number of methoxy groups -OCH3 is 1. The lowest BCUT2D eigenvalue weighted by Gasteiger charge is -2.45. The van der Waals surface area contributed by atoms with Crippen molar-refractivity contribution in [1.29, 1.82) is 0 Å². The molecule has 2 aromatic rings. The van der Waals surface area contributed by atoms with E-state index in [0.29, 0.717) is 17.7 Å². The number of rotatable bonds is 8. The SMILES string of the molecule is CCOC(=O)C12CCC(CN(C(=O)OCCOC)C1)N2S(=O)(=O)c1ccc(-c2cccc(F)c2)nc1. The van der Waals surface area contributed by atoms with Gasteiger partial charge in [0.1, 0.15) is 17.3 Å². The topological polar surface area (TPSA) is 115 Å². The molecule has 2 aliphatic rings. The summed E-state index contributed by atoms with van der Waals surface area (Å²) in [4.78, 5) is 31.3. The fourth-order valence-corrected chi connectivity index (χ4v) is 6.69. The molecule has 3 heterocycles. The summed E-state index contributed by atoms with van der Waals surface area (Å²) in [6, 6.07) is 8.04. The molecule has 4 rings (SSSR count). The highest BCUT2D eigenvalue weighted by molar-refractivity contribution is 7.89. The van der Waals surface area contributed by atoms with Gasteiger partial charge in [-0.25, -0.2) is 22.4 Å². The van der Waals surface area contributed by atoms with Crippen molar-refractivity contribution in [2.45, 2.75) is 36.2 Å². The maximum atomic E-state index is 13.8. The number of piperazine rings is 1. The van der Waals surface area contributed by atoms with Gasteiger partial charge in [-0.3, -0.25) is 4.98 Å². The third kappa shape index (κ3) is 4.80. The third-order valence-electron chi connectivity index (χ3n) is 6.37. The fraction of sp³-hybridized carbons (Fsp3) is 0.458. The first-order valence-electron chi connectivity index (χ1n) is 11.6. The van der Waals surface area contributed by atoms with Crippen LogP contribution in [0.15, 0.2) is 47.5 Å². The Morgan fingerprint density at radius 1 is 1.19 bits per heavy atom. The highest BCUT2D eigenvalue weighted by Crippen LogP contribution is 2.44. The normalized spacial score (nSPS) is 21.9. The molecule has 0 saturated carbocycles. The quantitative estimate of drug-likeness (QED) is 0.384. The van der Waals surface area contributed by atoms with Crippen molar-refractivity contribution in [3.8, 4) is 11.3 Å². The van der Waals surface area contributed by atoms with Crippen molar-refractivity contribution in [2.75, 3.05) is 40.0 Å². The Bertz CT molecular complexity index is 1220. The number of carbonyl (C=O) groups is 2. The predicted octanol–water partition coefficient (Wildman–Crippen LogP) is 2.44. The van der Waals surface area contributed by atoms with Gasteiger partial charge in [0.25, 0.3) is 0 Å². The summed E-state index contributed by atoms with van der Waals surface area (Å²) in [7, 11) is -2.72. The maximum Gasteiger partial charge on any atom is 0.409 e. The minimum Gasteiger partial charge on any atom is -0.465 e. The van der Waals surface area contributed by atoms with Gasteiger partial charge >= 0.3 is 12.1 Å².